The molecule has 10 nitrogen and oxygen atoms in total. The number of alkyl halides is 8. The van der Waals surface area contributed by atoms with Gasteiger partial charge in [0.25, 0.3) is 0 Å². The first-order valence-corrected chi connectivity index (χ1v) is 6.58. The van der Waals surface area contributed by atoms with Crippen molar-refractivity contribution in [1.82, 2.24) is 29.7 Å². The highest BCUT2D eigenvalue weighted by molar-refractivity contribution is 5.93. The molecule has 2 rings (SSSR count). The van der Waals surface area contributed by atoms with Crippen molar-refractivity contribution < 1.29 is 44.7 Å². The van der Waals surface area contributed by atoms with E-state index in [4.69, 9.17) is 0 Å². The third-order valence-electron chi connectivity index (χ3n) is 3.05. The van der Waals surface area contributed by atoms with Crippen molar-refractivity contribution in [1.29, 1.82) is 0 Å². The number of rotatable bonds is 7. The first kappa shape index (κ1) is 21.0. The largest absolute Gasteiger partial charge is 0.394 e. The lowest BCUT2D eigenvalue weighted by molar-refractivity contribution is -0.346. The summed E-state index contributed by atoms with van der Waals surface area (Å²) in [5.74, 6) is -33.0. The summed E-state index contributed by atoms with van der Waals surface area (Å²) in [7, 11) is 0. The molecule has 0 bridgehead atoms. The summed E-state index contributed by atoms with van der Waals surface area (Å²) in [5, 5.41) is 12.0. The highest BCUT2D eigenvalue weighted by Gasteiger charge is 2.84. The summed E-state index contributed by atoms with van der Waals surface area (Å²) in [6.45, 7) is 0. The van der Waals surface area contributed by atoms with Crippen LogP contribution >= 0.6 is 0 Å². The third-order valence-corrected chi connectivity index (χ3v) is 3.05. The number of halogens is 8. The normalized spacial score (nSPS) is 13.3. The summed E-state index contributed by atoms with van der Waals surface area (Å²) in [4.78, 5) is 22.5. The SMILES string of the molecule is O=C(Nn1cnnc1)C(F)(F)C(F)(F)C(F)(F)C(F)(F)C(=O)Nn1cnnc1. The number of nitrogens with zero attached hydrogens (tertiary/aromatic N) is 6. The van der Waals surface area contributed by atoms with Crippen LogP contribution in [0.1, 0.15) is 0 Å². The Morgan fingerprint density at radius 2 is 0.857 bits per heavy atom. The van der Waals surface area contributed by atoms with Gasteiger partial charge in [-0.05, 0) is 0 Å². The molecule has 0 aliphatic carbocycles. The zero-order valence-electron chi connectivity index (χ0n) is 12.8. The molecule has 0 unspecified atom stereocenters. The Hall–Kier alpha value is -3.34. The van der Waals surface area contributed by atoms with E-state index in [0.29, 0.717) is 25.3 Å². The summed E-state index contributed by atoms with van der Waals surface area (Å²) in [5.41, 5.74) is 1.96. The van der Waals surface area contributed by atoms with E-state index in [1.165, 1.54) is 0 Å². The second kappa shape index (κ2) is 6.68. The van der Waals surface area contributed by atoms with Crippen LogP contribution in [-0.2, 0) is 9.59 Å². The molecular weight excluding hydrogens is 416 g/mol. The van der Waals surface area contributed by atoms with Crippen LogP contribution in [0.2, 0.25) is 0 Å². The van der Waals surface area contributed by atoms with Gasteiger partial charge in [-0.25, -0.2) is 9.35 Å². The van der Waals surface area contributed by atoms with Crippen LogP contribution in [0.5, 0.6) is 0 Å². The zero-order chi connectivity index (χ0) is 21.4. The van der Waals surface area contributed by atoms with Crippen LogP contribution in [0.15, 0.2) is 25.3 Å². The number of aromatic nitrogens is 6. The van der Waals surface area contributed by atoms with E-state index < -0.39 is 35.5 Å². The first-order chi connectivity index (χ1) is 12.7. The van der Waals surface area contributed by atoms with E-state index in [1.807, 2.05) is 0 Å². The van der Waals surface area contributed by atoms with E-state index in [0.717, 1.165) is 10.9 Å². The Bertz CT molecular complexity index is 767. The van der Waals surface area contributed by atoms with Crippen molar-refractivity contribution in [2.45, 2.75) is 23.7 Å². The molecule has 18 heteroatoms. The summed E-state index contributed by atoms with van der Waals surface area (Å²) >= 11 is 0. The maximum atomic E-state index is 13.7. The van der Waals surface area contributed by atoms with Crippen LogP contribution in [0, 0.1) is 0 Å². The lowest BCUT2D eigenvalue weighted by Gasteiger charge is -2.35. The summed E-state index contributed by atoms with van der Waals surface area (Å²) in [6, 6.07) is 0. The Morgan fingerprint density at radius 3 is 1.11 bits per heavy atom. The Morgan fingerprint density at radius 1 is 0.607 bits per heavy atom. The van der Waals surface area contributed by atoms with Crippen LogP contribution in [-0.4, -0.2) is 65.3 Å². The molecule has 0 saturated heterocycles. The van der Waals surface area contributed by atoms with Crippen molar-refractivity contribution >= 4 is 11.8 Å². The van der Waals surface area contributed by atoms with E-state index in [2.05, 4.69) is 20.4 Å². The van der Waals surface area contributed by atoms with Gasteiger partial charge in [0.15, 0.2) is 0 Å². The molecule has 2 heterocycles. The highest BCUT2D eigenvalue weighted by Crippen LogP contribution is 2.52. The Balaban J connectivity index is 2.31. The molecule has 2 amide bonds. The predicted molar refractivity (Wildman–Crippen MR) is 68.6 cm³/mol. The van der Waals surface area contributed by atoms with Crippen molar-refractivity contribution in [3.05, 3.63) is 25.3 Å². The fraction of sp³-hybridized carbons (Fsp3) is 0.400. The van der Waals surface area contributed by atoms with Crippen LogP contribution in [0.3, 0.4) is 0 Å². The van der Waals surface area contributed by atoms with Gasteiger partial charge in [0.2, 0.25) is 0 Å². The van der Waals surface area contributed by atoms with Gasteiger partial charge in [0.1, 0.15) is 25.3 Å². The molecule has 0 aliphatic rings. The minimum atomic E-state index is -7.01. The molecule has 2 aromatic heterocycles. The molecule has 154 valence electrons. The number of nitrogens with one attached hydrogen (secondary N) is 2. The number of carbonyl (C=O) groups is 2. The van der Waals surface area contributed by atoms with Gasteiger partial charge in [-0.3, -0.25) is 20.4 Å². The highest BCUT2D eigenvalue weighted by atomic mass is 19.4. The standard InChI is InChI=1S/C10H6F8N8O2/c11-7(12,5(27)23-25-1-19-20-2-25)9(15,16)10(17,18)8(13,14)6(28)24-26-3-21-22-4-26/h1-4H,(H,23,27)(H,24,28). The molecule has 0 fully saturated rings. The molecule has 0 atom stereocenters. The van der Waals surface area contributed by atoms with Crippen molar-refractivity contribution in [3.63, 3.8) is 0 Å². The van der Waals surface area contributed by atoms with Gasteiger partial charge in [-0.2, -0.15) is 35.1 Å². The monoisotopic (exact) mass is 422 g/mol. The lowest BCUT2D eigenvalue weighted by Crippen LogP contribution is -2.68. The van der Waals surface area contributed by atoms with Gasteiger partial charge in [0, 0.05) is 0 Å². The number of hydrogen-bond donors (Lipinski definition) is 2. The van der Waals surface area contributed by atoms with Gasteiger partial charge in [-0.15, -0.1) is 20.4 Å². The molecule has 28 heavy (non-hydrogen) atoms. The maximum absolute atomic E-state index is 13.7. The second-order valence-electron chi connectivity index (χ2n) is 4.92. The maximum Gasteiger partial charge on any atom is 0.394 e. The van der Waals surface area contributed by atoms with Crippen LogP contribution in [0.4, 0.5) is 35.1 Å². The number of carbonyl (C=O) groups excluding carboxylic acids is 2. The summed E-state index contributed by atoms with van der Waals surface area (Å²) in [6.07, 6.45) is 2.02. The van der Waals surface area contributed by atoms with Crippen molar-refractivity contribution in [3.8, 4) is 0 Å². The fourth-order valence-electron chi connectivity index (χ4n) is 1.57. The fourth-order valence-corrected chi connectivity index (χ4v) is 1.57. The Kier molecular flexibility index (Phi) is 5.00. The first-order valence-electron chi connectivity index (χ1n) is 6.58. The van der Waals surface area contributed by atoms with Crippen molar-refractivity contribution in [2.75, 3.05) is 10.9 Å². The lowest BCUT2D eigenvalue weighted by atomic mass is 9.97. The van der Waals surface area contributed by atoms with Gasteiger partial charge in [-0.1, -0.05) is 0 Å². The van der Waals surface area contributed by atoms with Gasteiger partial charge < -0.3 is 0 Å². The molecule has 0 spiro atoms. The van der Waals surface area contributed by atoms with E-state index in [9.17, 15) is 44.7 Å². The van der Waals surface area contributed by atoms with Crippen LogP contribution in [0.25, 0.3) is 0 Å². The second-order valence-corrected chi connectivity index (χ2v) is 4.92. The third kappa shape index (κ3) is 3.20. The molecule has 2 N–H and O–H groups in total. The van der Waals surface area contributed by atoms with E-state index in [-0.39, 0.29) is 9.35 Å². The average Bonchev–Trinajstić information content (AvgIpc) is 3.28. The van der Waals surface area contributed by atoms with Gasteiger partial charge >= 0.3 is 35.5 Å². The topological polar surface area (TPSA) is 120 Å². The number of hydrogen-bond acceptors (Lipinski definition) is 6. The van der Waals surface area contributed by atoms with Gasteiger partial charge in [0.05, 0.1) is 0 Å². The molecule has 0 radical (unpaired) electrons. The predicted octanol–water partition coefficient (Wildman–Crippen LogP) is 0.251. The van der Waals surface area contributed by atoms with E-state index >= 15 is 0 Å². The zero-order valence-corrected chi connectivity index (χ0v) is 12.8. The molecule has 0 saturated carbocycles. The smallest absolute Gasteiger partial charge is 0.266 e. The molecule has 0 aromatic carbocycles. The van der Waals surface area contributed by atoms with Crippen molar-refractivity contribution in [2.24, 2.45) is 0 Å². The molecule has 2 aromatic rings. The average molecular weight is 422 g/mol. The number of amides is 2. The van der Waals surface area contributed by atoms with Crippen LogP contribution < -0.4 is 10.9 Å². The Labute approximate surface area is 147 Å². The summed E-state index contributed by atoms with van der Waals surface area (Å²) < 4.78 is 110. The molecule has 0 aliphatic heterocycles. The molecular formula is C10H6F8N8O2. The quantitative estimate of drug-likeness (QED) is 0.618. The van der Waals surface area contributed by atoms with E-state index in [1.54, 1.807) is 0 Å². The minimum absolute atomic E-state index is 0.168. The minimum Gasteiger partial charge on any atom is -0.266 e.